The quantitative estimate of drug-likeness (QED) is 0.714. The maximum atomic E-state index is 11.9. The monoisotopic (exact) mass is 336 g/mol. The average molecular weight is 336 g/mol. The summed E-state index contributed by atoms with van der Waals surface area (Å²) in [6.45, 7) is 6.04. The fourth-order valence-corrected chi connectivity index (χ4v) is 2.76. The number of aliphatic hydroxyl groups is 1. The van der Waals surface area contributed by atoms with Crippen molar-refractivity contribution in [2.45, 2.75) is 45.8 Å². The van der Waals surface area contributed by atoms with Gasteiger partial charge in [0.25, 0.3) is 0 Å². The SMILES string of the molecule is CCC(CC)C(O)CNC(=O)NCc1ccc2c(c1)OCCCO2. The van der Waals surface area contributed by atoms with Gasteiger partial charge in [0.2, 0.25) is 0 Å². The molecule has 24 heavy (non-hydrogen) atoms. The second-order valence-corrected chi connectivity index (χ2v) is 6.04. The Hall–Kier alpha value is -1.95. The minimum absolute atomic E-state index is 0.215. The molecule has 1 aromatic carbocycles. The van der Waals surface area contributed by atoms with Crippen molar-refractivity contribution in [2.75, 3.05) is 19.8 Å². The summed E-state index contributed by atoms with van der Waals surface area (Å²) in [4.78, 5) is 11.9. The maximum Gasteiger partial charge on any atom is 0.315 e. The maximum absolute atomic E-state index is 11.9. The van der Waals surface area contributed by atoms with Gasteiger partial charge in [-0.25, -0.2) is 4.79 Å². The number of carbonyl (C=O) groups is 1. The number of fused-ring (bicyclic) bond motifs is 1. The van der Waals surface area contributed by atoms with Gasteiger partial charge in [-0.15, -0.1) is 0 Å². The van der Waals surface area contributed by atoms with E-state index in [-0.39, 0.29) is 18.5 Å². The van der Waals surface area contributed by atoms with Crippen LogP contribution in [0.3, 0.4) is 0 Å². The summed E-state index contributed by atoms with van der Waals surface area (Å²) in [6.07, 6.45) is 2.16. The lowest BCUT2D eigenvalue weighted by Gasteiger charge is -2.20. The molecule has 6 nitrogen and oxygen atoms in total. The zero-order valence-corrected chi connectivity index (χ0v) is 14.5. The van der Waals surface area contributed by atoms with Gasteiger partial charge in [0, 0.05) is 19.5 Å². The first-order valence-electron chi connectivity index (χ1n) is 8.72. The van der Waals surface area contributed by atoms with Crippen molar-refractivity contribution in [2.24, 2.45) is 5.92 Å². The number of benzene rings is 1. The van der Waals surface area contributed by atoms with Crippen molar-refractivity contribution in [1.82, 2.24) is 10.6 Å². The van der Waals surface area contributed by atoms with Gasteiger partial charge >= 0.3 is 6.03 Å². The molecule has 0 bridgehead atoms. The second kappa shape index (κ2) is 9.37. The lowest BCUT2D eigenvalue weighted by Crippen LogP contribution is -2.41. The Morgan fingerprint density at radius 3 is 2.58 bits per heavy atom. The van der Waals surface area contributed by atoms with Crippen LogP contribution in [0.5, 0.6) is 11.5 Å². The van der Waals surface area contributed by atoms with Crippen molar-refractivity contribution in [1.29, 1.82) is 0 Å². The van der Waals surface area contributed by atoms with E-state index in [2.05, 4.69) is 10.6 Å². The zero-order chi connectivity index (χ0) is 17.4. The Balaban J connectivity index is 1.78. The summed E-state index contributed by atoms with van der Waals surface area (Å²) >= 11 is 0. The van der Waals surface area contributed by atoms with Gasteiger partial charge in [-0.3, -0.25) is 0 Å². The molecule has 0 saturated carbocycles. The van der Waals surface area contributed by atoms with Gasteiger partial charge in [-0.2, -0.15) is 0 Å². The Morgan fingerprint density at radius 2 is 1.88 bits per heavy atom. The van der Waals surface area contributed by atoms with Crippen LogP contribution in [0.4, 0.5) is 4.79 Å². The van der Waals surface area contributed by atoms with Crippen LogP contribution < -0.4 is 20.1 Å². The lowest BCUT2D eigenvalue weighted by atomic mass is 9.97. The molecule has 1 atom stereocenters. The normalized spacial score (nSPS) is 14.8. The van der Waals surface area contributed by atoms with E-state index in [1.165, 1.54) is 0 Å². The Bertz CT molecular complexity index is 532. The highest BCUT2D eigenvalue weighted by molar-refractivity contribution is 5.73. The molecule has 3 N–H and O–H groups in total. The van der Waals surface area contributed by atoms with E-state index in [0.29, 0.717) is 19.8 Å². The van der Waals surface area contributed by atoms with Gasteiger partial charge in [0.1, 0.15) is 0 Å². The van der Waals surface area contributed by atoms with Crippen molar-refractivity contribution in [3.8, 4) is 11.5 Å². The van der Waals surface area contributed by atoms with E-state index < -0.39 is 6.10 Å². The average Bonchev–Trinajstić information content (AvgIpc) is 2.84. The molecule has 2 rings (SSSR count). The third kappa shape index (κ3) is 5.30. The van der Waals surface area contributed by atoms with Gasteiger partial charge in [-0.1, -0.05) is 32.8 Å². The third-order valence-electron chi connectivity index (χ3n) is 4.33. The van der Waals surface area contributed by atoms with Crippen LogP contribution in [-0.4, -0.2) is 37.0 Å². The van der Waals surface area contributed by atoms with Gasteiger partial charge in [-0.05, 0) is 23.6 Å². The Kier molecular flexibility index (Phi) is 7.18. The number of amides is 2. The largest absolute Gasteiger partial charge is 0.490 e. The molecular weight excluding hydrogens is 308 g/mol. The second-order valence-electron chi connectivity index (χ2n) is 6.04. The smallest absolute Gasteiger partial charge is 0.315 e. The van der Waals surface area contributed by atoms with Crippen molar-refractivity contribution in [3.05, 3.63) is 23.8 Å². The van der Waals surface area contributed by atoms with Crippen LogP contribution >= 0.6 is 0 Å². The molecule has 1 aliphatic heterocycles. The molecule has 0 aromatic heterocycles. The lowest BCUT2D eigenvalue weighted by molar-refractivity contribution is 0.103. The van der Waals surface area contributed by atoms with E-state index >= 15 is 0 Å². The molecule has 0 aliphatic carbocycles. The molecule has 1 aromatic rings. The molecule has 1 aliphatic rings. The van der Waals surface area contributed by atoms with Crippen molar-refractivity contribution < 1.29 is 19.4 Å². The van der Waals surface area contributed by atoms with Gasteiger partial charge in [0.15, 0.2) is 11.5 Å². The van der Waals surface area contributed by atoms with Crippen molar-refractivity contribution >= 4 is 6.03 Å². The minimum atomic E-state index is -0.510. The molecule has 2 amide bonds. The van der Waals surface area contributed by atoms with Crippen molar-refractivity contribution in [3.63, 3.8) is 0 Å². The minimum Gasteiger partial charge on any atom is -0.490 e. The number of nitrogens with one attached hydrogen (secondary N) is 2. The molecular formula is C18H28N2O4. The topological polar surface area (TPSA) is 79.8 Å². The van der Waals surface area contributed by atoms with Gasteiger partial charge < -0.3 is 25.2 Å². The molecule has 0 radical (unpaired) electrons. The van der Waals surface area contributed by atoms with Gasteiger partial charge in [0.05, 0.1) is 19.3 Å². The number of ether oxygens (including phenoxy) is 2. The molecule has 0 fully saturated rings. The summed E-state index contributed by atoms with van der Waals surface area (Å²) in [5, 5.41) is 15.5. The van der Waals surface area contributed by atoms with Crippen LogP contribution in [0, 0.1) is 5.92 Å². The Labute approximate surface area is 143 Å². The molecule has 0 saturated heterocycles. The third-order valence-corrected chi connectivity index (χ3v) is 4.33. The van der Waals surface area contributed by atoms with Crippen LogP contribution in [0.2, 0.25) is 0 Å². The van der Waals surface area contributed by atoms with E-state index in [4.69, 9.17) is 9.47 Å². The predicted octanol–water partition coefficient (Wildman–Crippen LogP) is 2.44. The van der Waals surface area contributed by atoms with Crippen LogP contribution in [0.15, 0.2) is 18.2 Å². The number of rotatable bonds is 7. The molecule has 0 spiro atoms. The summed E-state index contributed by atoms with van der Waals surface area (Å²) in [6, 6.07) is 5.38. The first-order valence-corrected chi connectivity index (χ1v) is 8.72. The highest BCUT2D eigenvalue weighted by atomic mass is 16.5. The number of aliphatic hydroxyl groups excluding tert-OH is 1. The summed E-state index contributed by atoms with van der Waals surface area (Å²) in [5.41, 5.74) is 0.940. The van der Waals surface area contributed by atoms with E-state index in [9.17, 15) is 9.90 Å². The molecule has 6 heteroatoms. The molecule has 134 valence electrons. The van der Waals surface area contributed by atoms with Crippen LogP contribution in [-0.2, 0) is 6.54 Å². The predicted molar refractivity (Wildman–Crippen MR) is 92.4 cm³/mol. The number of hydrogen-bond acceptors (Lipinski definition) is 4. The van der Waals surface area contributed by atoms with Crippen LogP contribution in [0.25, 0.3) is 0 Å². The number of urea groups is 1. The number of carbonyl (C=O) groups excluding carboxylic acids is 1. The molecule has 1 unspecified atom stereocenters. The van der Waals surface area contributed by atoms with E-state index in [1.54, 1.807) is 0 Å². The first-order chi connectivity index (χ1) is 11.6. The fraction of sp³-hybridized carbons (Fsp3) is 0.611. The summed E-state index contributed by atoms with van der Waals surface area (Å²) in [5.74, 6) is 1.68. The highest BCUT2D eigenvalue weighted by Crippen LogP contribution is 2.30. The van der Waals surface area contributed by atoms with Crippen LogP contribution in [0.1, 0.15) is 38.7 Å². The first kappa shape index (κ1) is 18.4. The number of hydrogen-bond donors (Lipinski definition) is 3. The summed E-state index contributed by atoms with van der Waals surface area (Å²) < 4.78 is 11.2. The zero-order valence-electron chi connectivity index (χ0n) is 14.5. The fourth-order valence-electron chi connectivity index (χ4n) is 2.76. The standard InChI is InChI=1S/C18H28N2O4/c1-3-14(4-2)15(21)12-20-18(22)19-11-13-6-7-16-17(10-13)24-9-5-8-23-16/h6-7,10,14-15,21H,3-5,8-9,11-12H2,1-2H3,(H2,19,20,22). The van der Waals surface area contributed by atoms with E-state index in [1.807, 2.05) is 32.0 Å². The summed E-state index contributed by atoms with van der Waals surface area (Å²) in [7, 11) is 0. The molecule has 1 heterocycles. The highest BCUT2D eigenvalue weighted by Gasteiger charge is 2.16. The Morgan fingerprint density at radius 1 is 1.17 bits per heavy atom. The van der Waals surface area contributed by atoms with E-state index in [0.717, 1.165) is 36.3 Å².